The monoisotopic (exact) mass is 198 g/mol. The molecule has 1 saturated heterocycles. The zero-order valence-corrected chi connectivity index (χ0v) is 8.46. The maximum atomic E-state index is 5.54. The van der Waals surface area contributed by atoms with Crippen molar-refractivity contribution in [1.82, 2.24) is 0 Å². The molecule has 0 aliphatic carbocycles. The van der Waals surface area contributed by atoms with Crippen molar-refractivity contribution in [1.29, 1.82) is 0 Å². The van der Waals surface area contributed by atoms with E-state index in [-0.39, 0.29) is 0 Å². The van der Waals surface area contributed by atoms with Gasteiger partial charge in [0.1, 0.15) is 0 Å². The van der Waals surface area contributed by atoms with Gasteiger partial charge in [-0.1, -0.05) is 29.8 Å². The van der Waals surface area contributed by atoms with Crippen molar-refractivity contribution < 1.29 is 4.74 Å². The number of benzene rings is 1. The van der Waals surface area contributed by atoms with Gasteiger partial charge in [0.2, 0.25) is 0 Å². The van der Waals surface area contributed by atoms with E-state index in [1.165, 1.54) is 19.3 Å². The van der Waals surface area contributed by atoms with Crippen LogP contribution in [0.25, 0.3) is 0 Å². The van der Waals surface area contributed by atoms with Gasteiger partial charge in [-0.15, -0.1) is 0 Å². The second kappa shape index (κ2) is 6.93. The molecule has 13 heavy (non-hydrogen) atoms. The topological polar surface area (TPSA) is 9.23 Å². The highest BCUT2D eigenvalue weighted by molar-refractivity contribution is 6.30. The zero-order valence-electron chi connectivity index (χ0n) is 7.71. The second-order valence-electron chi connectivity index (χ2n) is 2.97. The molecule has 72 valence electrons. The van der Waals surface area contributed by atoms with Crippen molar-refractivity contribution in [3.05, 3.63) is 35.4 Å². The summed E-state index contributed by atoms with van der Waals surface area (Å²) in [5, 5.41) is 0.794. The summed E-state index contributed by atoms with van der Waals surface area (Å²) in [6.07, 6.45) is 3.93. The fraction of sp³-hybridized carbons (Fsp3) is 0.455. The molecular weight excluding hydrogens is 184 g/mol. The SMILES string of the molecule is C1CCOCC1.Clc1ccccc1. The van der Waals surface area contributed by atoms with E-state index >= 15 is 0 Å². The predicted octanol–water partition coefficient (Wildman–Crippen LogP) is 3.53. The first-order valence-corrected chi connectivity index (χ1v) is 5.05. The molecule has 0 saturated carbocycles. The molecule has 1 nitrogen and oxygen atoms in total. The highest BCUT2D eigenvalue weighted by atomic mass is 35.5. The van der Waals surface area contributed by atoms with E-state index in [0.717, 1.165) is 18.2 Å². The van der Waals surface area contributed by atoms with E-state index in [1.807, 2.05) is 30.3 Å². The van der Waals surface area contributed by atoms with Crippen LogP contribution in [0.3, 0.4) is 0 Å². The molecule has 1 aromatic rings. The minimum atomic E-state index is 0.794. The summed E-state index contributed by atoms with van der Waals surface area (Å²) in [7, 11) is 0. The first-order chi connectivity index (χ1) is 6.39. The minimum absolute atomic E-state index is 0.794. The summed E-state index contributed by atoms with van der Waals surface area (Å²) in [6.45, 7) is 2.00. The Kier molecular flexibility index (Phi) is 5.62. The van der Waals surface area contributed by atoms with Crippen LogP contribution in [0.2, 0.25) is 5.02 Å². The number of rotatable bonds is 0. The third-order valence-corrected chi connectivity index (χ3v) is 2.06. The van der Waals surface area contributed by atoms with Gasteiger partial charge in [0, 0.05) is 18.2 Å². The molecule has 1 aliphatic heterocycles. The van der Waals surface area contributed by atoms with Crippen LogP contribution in [-0.4, -0.2) is 13.2 Å². The average molecular weight is 199 g/mol. The van der Waals surface area contributed by atoms with Crippen molar-refractivity contribution in [3.63, 3.8) is 0 Å². The van der Waals surface area contributed by atoms with E-state index in [2.05, 4.69) is 0 Å². The van der Waals surface area contributed by atoms with E-state index in [0.29, 0.717) is 0 Å². The third-order valence-electron chi connectivity index (χ3n) is 1.81. The number of hydrogen-bond donors (Lipinski definition) is 0. The third kappa shape index (κ3) is 5.67. The van der Waals surface area contributed by atoms with Gasteiger partial charge in [0.15, 0.2) is 0 Å². The van der Waals surface area contributed by atoms with Gasteiger partial charge in [-0.3, -0.25) is 0 Å². The fourth-order valence-electron chi connectivity index (χ4n) is 1.10. The Morgan fingerprint density at radius 3 is 1.77 bits per heavy atom. The van der Waals surface area contributed by atoms with Gasteiger partial charge in [0.25, 0.3) is 0 Å². The van der Waals surface area contributed by atoms with Crippen LogP contribution in [0.4, 0.5) is 0 Å². The molecule has 2 heteroatoms. The molecular formula is C11H15ClO. The Morgan fingerprint density at radius 1 is 0.923 bits per heavy atom. The molecule has 0 atom stereocenters. The van der Waals surface area contributed by atoms with E-state index < -0.39 is 0 Å². The van der Waals surface area contributed by atoms with Crippen LogP contribution in [0.1, 0.15) is 19.3 Å². The molecule has 1 aliphatic rings. The van der Waals surface area contributed by atoms with E-state index in [4.69, 9.17) is 16.3 Å². The highest BCUT2D eigenvalue weighted by Crippen LogP contribution is 2.03. The molecule has 0 aromatic heterocycles. The molecule has 0 radical (unpaired) electrons. The van der Waals surface area contributed by atoms with Crippen LogP contribution in [0.5, 0.6) is 0 Å². The van der Waals surface area contributed by atoms with Crippen LogP contribution in [0.15, 0.2) is 30.3 Å². The molecule has 0 amide bonds. The molecule has 0 bridgehead atoms. The van der Waals surface area contributed by atoms with E-state index in [9.17, 15) is 0 Å². The van der Waals surface area contributed by atoms with Crippen LogP contribution < -0.4 is 0 Å². The lowest BCUT2D eigenvalue weighted by Crippen LogP contribution is -2.03. The second-order valence-corrected chi connectivity index (χ2v) is 3.41. The molecule has 1 fully saturated rings. The number of halogens is 1. The summed E-state index contributed by atoms with van der Waals surface area (Å²) >= 11 is 5.54. The van der Waals surface area contributed by atoms with Crippen molar-refractivity contribution in [3.8, 4) is 0 Å². The molecule has 0 spiro atoms. The quantitative estimate of drug-likeness (QED) is 0.620. The summed E-state index contributed by atoms with van der Waals surface area (Å²) < 4.78 is 5.07. The Balaban J connectivity index is 0.000000132. The summed E-state index contributed by atoms with van der Waals surface area (Å²) in [4.78, 5) is 0. The lowest BCUT2D eigenvalue weighted by Gasteiger charge is -2.08. The normalized spacial score (nSPS) is 15.8. The van der Waals surface area contributed by atoms with Gasteiger partial charge >= 0.3 is 0 Å². The van der Waals surface area contributed by atoms with E-state index in [1.54, 1.807) is 0 Å². The summed E-state index contributed by atoms with van der Waals surface area (Å²) in [5.41, 5.74) is 0. The Morgan fingerprint density at radius 2 is 1.54 bits per heavy atom. The Bertz CT molecular complexity index is 195. The fourth-order valence-corrected chi connectivity index (χ4v) is 1.25. The van der Waals surface area contributed by atoms with Gasteiger partial charge in [-0.05, 0) is 31.4 Å². The highest BCUT2D eigenvalue weighted by Gasteiger charge is 1.95. The first-order valence-electron chi connectivity index (χ1n) is 4.68. The summed E-state index contributed by atoms with van der Waals surface area (Å²) in [6, 6.07) is 9.44. The van der Waals surface area contributed by atoms with Crippen LogP contribution >= 0.6 is 11.6 Å². The van der Waals surface area contributed by atoms with Crippen LogP contribution in [-0.2, 0) is 4.74 Å². The van der Waals surface area contributed by atoms with Crippen LogP contribution in [0, 0.1) is 0 Å². The van der Waals surface area contributed by atoms with Gasteiger partial charge in [0.05, 0.1) is 0 Å². The first kappa shape index (κ1) is 10.6. The van der Waals surface area contributed by atoms with Crippen molar-refractivity contribution in [2.75, 3.05) is 13.2 Å². The maximum Gasteiger partial charge on any atom is 0.0466 e. The number of ether oxygens (including phenoxy) is 1. The zero-order chi connectivity index (χ0) is 9.36. The van der Waals surface area contributed by atoms with Gasteiger partial charge in [-0.25, -0.2) is 0 Å². The molecule has 2 rings (SSSR count). The Hall–Kier alpha value is -0.530. The van der Waals surface area contributed by atoms with Crippen molar-refractivity contribution >= 4 is 11.6 Å². The van der Waals surface area contributed by atoms with Crippen molar-refractivity contribution in [2.45, 2.75) is 19.3 Å². The standard InChI is InChI=1S/C6H5Cl.C5H10O/c7-6-4-2-1-3-5-6;1-2-4-6-5-3-1/h1-5H;1-5H2. The van der Waals surface area contributed by atoms with Crippen molar-refractivity contribution in [2.24, 2.45) is 0 Å². The Labute approximate surface area is 84.7 Å². The van der Waals surface area contributed by atoms with Gasteiger partial charge in [-0.2, -0.15) is 0 Å². The molecule has 0 unspecified atom stereocenters. The molecule has 1 heterocycles. The van der Waals surface area contributed by atoms with Gasteiger partial charge < -0.3 is 4.74 Å². The predicted molar refractivity (Wildman–Crippen MR) is 56.1 cm³/mol. The lowest BCUT2D eigenvalue weighted by atomic mass is 10.2. The molecule has 1 aromatic carbocycles. The molecule has 0 N–H and O–H groups in total. The minimum Gasteiger partial charge on any atom is -0.381 e. The largest absolute Gasteiger partial charge is 0.381 e. The maximum absolute atomic E-state index is 5.54. The lowest BCUT2D eigenvalue weighted by molar-refractivity contribution is 0.0968. The number of hydrogen-bond acceptors (Lipinski definition) is 1. The average Bonchev–Trinajstić information content (AvgIpc) is 2.22. The smallest absolute Gasteiger partial charge is 0.0466 e. The summed E-state index contributed by atoms with van der Waals surface area (Å²) in [5.74, 6) is 0.